The molecule has 1 aliphatic rings. The van der Waals surface area contributed by atoms with Crippen LogP contribution in [0.2, 0.25) is 0 Å². The summed E-state index contributed by atoms with van der Waals surface area (Å²) in [4.78, 5) is 10.4. The molecule has 0 amide bonds. The zero-order valence-corrected chi connectivity index (χ0v) is 7.59. The molecule has 0 N–H and O–H groups in total. The Hall–Kier alpha value is -1.83. The molecule has 0 spiro atoms. The van der Waals surface area contributed by atoms with Crippen LogP contribution in [0.1, 0.15) is 22.0 Å². The molecule has 2 rings (SSSR count). The maximum Gasteiger partial charge on any atom is 0.150 e. The third kappa shape index (κ3) is 1.74. The number of rotatable bonds is 2. The fourth-order valence-corrected chi connectivity index (χ4v) is 1.34. The van der Waals surface area contributed by atoms with Gasteiger partial charge in [-0.25, -0.2) is 0 Å². The van der Waals surface area contributed by atoms with Crippen LogP contribution in [0.5, 0.6) is 0 Å². The van der Waals surface area contributed by atoms with Gasteiger partial charge in [-0.05, 0) is 17.7 Å². The first-order valence-corrected chi connectivity index (χ1v) is 4.44. The van der Waals surface area contributed by atoms with Gasteiger partial charge in [-0.15, -0.1) is 0 Å². The highest BCUT2D eigenvalue weighted by Crippen LogP contribution is 2.21. The van der Waals surface area contributed by atoms with Crippen LogP contribution >= 0.6 is 0 Å². The summed E-state index contributed by atoms with van der Waals surface area (Å²) in [5.74, 6) is 0. The number of hydrogen-bond donors (Lipinski definition) is 0. The van der Waals surface area contributed by atoms with E-state index in [1.165, 1.54) is 0 Å². The maximum absolute atomic E-state index is 10.4. The Bertz CT molecular complexity index is 374. The quantitative estimate of drug-likeness (QED) is 0.664. The number of aldehydes is 1. The fourth-order valence-electron chi connectivity index (χ4n) is 1.34. The predicted octanol–water partition coefficient (Wildman–Crippen LogP) is 2.64. The van der Waals surface area contributed by atoms with Crippen molar-refractivity contribution in [3.63, 3.8) is 0 Å². The second kappa shape index (κ2) is 3.92. The minimum atomic E-state index is -0.0271. The number of allylic oxidation sites excluding steroid dienone is 2. The van der Waals surface area contributed by atoms with E-state index in [1.54, 1.807) is 18.4 Å². The lowest BCUT2D eigenvalue weighted by atomic mass is 10.1. The van der Waals surface area contributed by atoms with Gasteiger partial charge in [0.1, 0.15) is 12.4 Å². The van der Waals surface area contributed by atoms with Gasteiger partial charge in [0.2, 0.25) is 0 Å². The molecule has 14 heavy (non-hydrogen) atoms. The Morgan fingerprint density at radius 1 is 1.14 bits per heavy atom. The zero-order chi connectivity index (χ0) is 9.80. The molecule has 2 heteroatoms. The van der Waals surface area contributed by atoms with Gasteiger partial charge in [-0.2, -0.15) is 0 Å². The largest absolute Gasteiger partial charge is 0.489 e. The fraction of sp³-hybridized carbons (Fsp3) is 0.0833. The van der Waals surface area contributed by atoms with Crippen molar-refractivity contribution in [2.45, 2.75) is 6.10 Å². The van der Waals surface area contributed by atoms with E-state index in [1.807, 2.05) is 30.4 Å². The Balaban J connectivity index is 2.20. The standard InChI is InChI=1S/C12H10O2/c13-9-10-4-6-11(7-5-10)12-3-1-2-8-14-12/h1-9,12H. The molecule has 0 aromatic heterocycles. The van der Waals surface area contributed by atoms with Crippen molar-refractivity contribution in [2.75, 3.05) is 0 Å². The third-order valence-electron chi connectivity index (χ3n) is 2.10. The van der Waals surface area contributed by atoms with Gasteiger partial charge in [0.05, 0.1) is 6.26 Å². The van der Waals surface area contributed by atoms with E-state index in [-0.39, 0.29) is 6.10 Å². The van der Waals surface area contributed by atoms with E-state index in [0.29, 0.717) is 5.56 Å². The van der Waals surface area contributed by atoms with E-state index < -0.39 is 0 Å². The number of carbonyl (C=O) groups excluding carboxylic acids is 1. The van der Waals surface area contributed by atoms with Crippen LogP contribution in [0.25, 0.3) is 0 Å². The van der Waals surface area contributed by atoms with E-state index in [4.69, 9.17) is 4.74 Å². The highest BCUT2D eigenvalue weighted by Gasteiger charge is 2.08. The van der Waals surface area contributed by atoms with Crippen LogP contribution in [0.15, 0.2) is 48.8 Å². The number of ether oxygens (including phenoxy) is 1. The average molecular weight is 186 g/mol. The second-order valence-electron chi connectivity index (χ2n) is 3.05. The molecule has 0 fully saturated rings. The zero-order valence-electron chi connectivity index (χ0n) is 7.59. The van der Waals surface area contributed by atoms with Crippen LogP contribution in [0.3, 0.4) is 0 Å². The van der Waals surface area contributed by atoms with Crippen LogP contribution in [-0.4, -0.2) is 6.29 Å². The van der Waals surface area contributed by atoms with Gasteiger partial charge >= 0.3 is 0 Å². The molecular weight excluding hydrogens is 176 g/mol. The molecule has 1 atom stereocenters. The predicted molar refractivity (Wildman–Crippen MR) is 53.9 cm³/mol. The van der Waals surface area contributed by atoms with Gasteiger partial charge in [0.25, 0.3) is 0 Å². The second-order valence-corrected chi connectivity index (χ2v) is 3.05. The van der Waals surface area contributed by atoms with Gasteiger partial charge < -0.3 is 4.74 Å². The molecule has 1 heterocycles. The summed E-state index contributed by atoms with van der Waals surface area (Å²) < 4.78 is 5.38. The van der Waals surface area contributed by atoms with Crippen molar-refractivity contribution >= 4 is 6.29 Å². The van der Waals surface area contributed by atoms with Crippen molar-refractivity contribution in [1.29, 1.82) is 0 Å². The van der Waals surface area contributed by atoms with Crippen LogP contribution in [0, 0.1) is 0 Å². The lowest BCUT2D eigenvalue weighted by Gasteiger charge is -2.15. The molecule has 1 aromatic carbocycles. The summed E-state index contributed by atoms with van der Waals surface area (Å²) >= 11 is 0. The molecule has 1 unspecified atom stereocenters. The van der Waals surface area contributed by atoms with Gasteiger partial charge in [0.15, 0.2) is 0 Å². The van der Waals surface area contributed by atoms with E-state index in [2.05, 4.69) is 0 Å². The van der Waals surface area contributed by atoms with Crippen LogP contribution in [-0.2, 0) is 4.74 Å². The molecule has 0 saturated heterocycles. The number of benzene rings is 1. The first kappa shape index (κ1) is 8.75. The molecule has 70 valence electrons. The van der Waals surface area contributed by atoms with E-state index in [9.17, 15) is 4.79 Å². The molecular formula is C12H10O2. The van der Waals surface area contributed by atoms with Crippen LogP contribution < -0.4 is 0 Å². The van der Waals surface area contributed by atoms with Crippen molar-refractivity contribution < 1.29 is 9.53 Å². The van der Waals surface area contributed by atoms with Crippen LogP contribution in [0.4, 0.5) is 0 Å². The molecule has 2 nitrogen and oxygen atoms in total. The van der Waals surface area contributed by atoms with E-state index in [0.717, 1.165) is 11.8 Å². The Kier molecular flexibility index (Phi) is 2.45. The summed E-state index contributed by atoms with van der Waals surface area (Å²) in [6, 6.07) is 7.38. The molecule has 0 radical (unpaired) electrons. The SMILES string of the molecule is O=Cc1ccc(C2C=CC=CO2)cc1. The molecule has 1 aromatic rings. The smallest absolute Gasteiger partial charge is 0.150 e. The summed E-state index contributed by atoms with van der Waals surface area (Å²) in [5.41, 5.74) is 1.74. The summed E-state index contributed by atoms with van der Waals surface area (Å²) in [7, 11) is 0. The number of hydrogen-bond acceptors (Lipinski definition) is 2. The van der Waals surface area contributed by atoms with Gasteiger partial charge in [0, 0.05) is 5.56 Å². The van der Waals surface area contributed by atoms with Crippen molar-refractivity contribution in [1.82, 2.24) is 0 Å². The Labute approximate surface area is 82.5 Å². The van der Waals surface area contributed by atoms with Crippen molar-refractivity contribution in [2.24, 2.45) is 0 Å². The summed E-state index contributed by atoms with van der Waals surface area (Å²) in [5, 5.41) is 0. The Morgan fingerprint density at radius 2 is 1.93 bits per heavy atom. The summed E-state index contributed by atoms with van der Waals surface area (Å²) in [6.45, 7) is 0. The lowest BCUT2D eigenvalue weighted by Crippen LogP contribution is -1.99. The topological polar surface area (TPSA) is 26.3 Å². The van der Waals surface area contributed by atoms with Crippen molar-refractivity contribution in [3.05, 3.63) is 59.9 Å². The minimum absolute atomic E-state index is 0.0271. The monoisotopic (exact) mass is 186 g/mol. The maximum atomic E-state index is 10.4. The summed E-state index contributed by atoms with van der Waals surface area (Å²) in [6.07, 6.45) is 8.23. The first-order chi connectivity index (χ1) is 6.90. The normalized spacial score (nSPS) is 19.0. The van der Waals surface area contributed by atoms with Gasteiger partial charge in [-0.1, -0.05) is 30.3 Å². The molecule has 1 aliphatic heterocycles. The lowest BCUT2D eigenvalue weighted by molar-refractivity contribution is 0.112. The molecule has 0 saturated carbocycles. The Morgan fingerprint density at radius 3 is 2.50 bits per heavy atom. The van der Waals surface area contributed by atoms with E-state index >= 15 is 0 Å². The number of carbonyl (C=O) groups is 1. The first-order valence-electron chi connectivity index (χ1n) is 4.44. The van der Waals surface area contributed by atoms with Crippen molar-refractivity contribution in [3.8, 4) is 0 Å². The van der Waals surface area contributed by atoms with Gasteiger partial charge in [-0.3, -0.25) is 4.79 Å². The molecule has 0 aliphatic carbocycles. The third-order valence-corrected chi connectivity index (χ3v) is 2.10. The average Bonchev–Trinajstić information content (AvgIpc) is 2.30. The highest BCUT2D eigenvalue weighted by atomic mass is 16.5. The highest BCUT2D eigenvalue weighted by molar-refractivity contribution is 5.74. The minimum Gasteiger partial charge on any atom is -0.489 e. The molecule has 0 bridgehead atoms.